The van der Waals surface area contributed by atoms with Crippen molar-refractivity contribution in [2.24, 2.45) is 0 Å². The van der Waals surface area contributed by atoms with E-state index in [1.807, 2.05) is 30.3 Å². The highest BCUT2D eigenvalue weighted by atomic mass is 16.2. The molecular weight excluding hydrogens is 304 g/mol. The number of amides is 3. The van der Waals surface area contributed by atoms with Gasteiger partial charge in [-0.2, -0.15) is 0 Å². The van der Waals surface area contributed by atoms with Crippen molar-refractivity contribution in [1.29, 1.82) is 0 Å². The molecule has 3 amide bonds. The van der Waals surface area contributed by atoms with Crippen LogP contribution in [0.2, 0.25) is 0 Å². The molecule has 0 saturated carbocycles. The average molecular weight is 324 g/mol. The first kappa shape index (κ1) is 16.0. The molecule has 6 heteroatoms. The summed E-state index contributed by atoms with van der Waals surface area (Å²) in [6, 6.07) is 12.4. The predicted molar refractivity (Wildman–Crippen MR) is 91.8 cm³/mol. The van der Waals surface area contributed by atoms with E-state index in [4.69, 9.17) is 0 Å². The number of rotatable bonds is 3. The van der Waals surface area contributed by atoms with E-state index in [1.165, 1.54) is 0 Å². The van der Waals surface area contributed by atoms with Crippen molar-refractivity contribution in [3.8, 4) is 0 Å². The Morgan fingerprint density at radius 2 is 1.83 bits per heavy atom. The number of hydrogen-bond donors (Lipinski definition) is 2. The lowest BCUT2D eigenvalue weighted by Gasteiger charge is -2.33. The van der Waals surface area contributed by atoms with Gasteiger partial charge in [0.2, 0.25) is 0 Å². The number of piperidine rings is 1. The summed E-state index contributed by atoms with van der Waals surface area (Å²) in [5, 5.41) is 5.71. The molecule has 1 aliphatic rings. The molecule has 0 spiro atoms. The lowest BCUT2D eigenvalue weighted by Crippen LogP contribution is -2.50. The minimum absolute atomic E-state index is 0.0108. The molecule has 1 aromatic carbocycles. The standard InChI is InChI=1S/C18H20N4O2/c23-17(14-5-2-1-3-6-14)22-12-4-7-16(13-22)21-18(24)20-15-8-10-19-11-9-15/h1-3,5-6,8-11,16H,4,7,12-13H2,(H2,19,20,21,24)/t16-/m1/s1. The van der Waals surface area contributed by atoms with E-state index < -0.39 is 0 Å². The first-order valence-corrected chi connectivity index (χ1v) is 8.04. The Morgan fingerprint density at radius 1 is 1.08 bits per heavy atom. The molecule has 1 fully saturated rings. The number of urea groups is 1. The maximum atomic E-state index is 12.5. The second kappa shape index (κ2) is 7.59. The number of benzene rings is 1. The number of likely N-dealkylation sites (tertiary alicyclic amines) is 1. The van der Waals surface area contributed by atoms with Crippen LogP contribution in [0.3, 0.4) is 0 Å². The van der Waals surface area contributed by atoms with Crippen molar-refractivity contribution in [1.82, 2.24) is 15.2 Å². The zero-order chi connectivity index (χ0) is 16.8. The predicted octanol–water partition coefficient (Wildman–Crippen LogP) is 2.51. The Hall–Kier alpha value is -2.89. The van der Waals surface area contributed by atoms with E-state index in [-0.39, 0.29) is 18.0 Å². The number of carbonyl (C=O) groups excluding carboxylic acids is 2. The molecule has 24 heavy (non-hydrogen) atoms. The molecule has 1 atom stereocenters. The minimum atomic E-state index is -0.264. The maximum Gasteiger partial charge on any atom is 0.319 e. The van der Waals surface area contributed by atoms with Gasteiger partial charge in [-0.25, -0.2) is 4.79 Å². The quantitative estimate of drug-likeness (QED) is 0.911. The second-order valence-electron chi connectivity index (χ2n) is 5.79. The highest BCUT2D eigenvalue weighted by Crippen LogP contribution is 2.14. The molecule has 0 bridgehead atoms. The van der Waals surface area contributed by atoms with Gasteiger partial charge in [0, 0.05) is 42.8 Å². The van der Waals surface area contributed by atoms with Crippen molar-refractivity contribution in [3.05, 3.63) is 60.4 Å². The number of nitrogens with one attached hydrogen (secondary N) is 2. The highest BCUT2D eigenvalue weighted by molar-refractivity contribution is 5.94. The highest BCUT2D eigenvalue weighted by Gasteiger charge is 2.25. The number of carbonyl (C=O) groups is 2. The van der Waals surface area contributed by atoms with Crippen LogP contribution >= 0.6 is 0 Å². The van der Waals surface area contributed by atoms with Gasteiger partial charge in [-0.1, -0.05) is 18.2 Å². The summed E-state index contributed by atoms with van der Waals surface area (Å²) in [5.41, 5.74) is 1.37. The van der Waals surface area contributed by atoms with Gasteiger partial charge in [0.25, 0.3) is 5.91 Å². The monoisotopic (exact) mass is 324 g/mol. The van der Waals surface area contributed by atoms with Gasteiger partial charge < -0.3 is 15.5 Å². The Kier molecular flexibility index (Phi) is 5.05. The van der Waals surface area contributed by atoms with Crippen LogP contribution in [0.15, 0.2) is 54.9 Å². The molecule has 2 heterocycles. The Morgan fingerprint density at radius 3 is 2.58 bits per heavy atom. The van der Waals surface area contributed by atoms with Crippen LogP contribution in [0.25, 0.3) is 0 Å². The fourth-order valence-corrected chi connectivity index (χ4v) is 2.83. The summed E-state index contributed by atoms with van der Waals surface area (Å²) in [7, 11) is 0. The van der Waals surface area contributed by atoms with Crippen LogP contribution in [0.4, 0.5) is 10.5 Å². The summed E-state index contributed by atoms with van der Waals surface area (Å²) in [6.45, 7) is 1.25. The van der Waals surface area contributed by atoms with Gasteiger partial charge in [0.15, 0.2) is 0 Å². The number of pyridine rings is 1. The molecule has 2 aromatic rings. The first-order valence-electron chi connectivity index (χ1n) is 8.04. The fraction of sp³-hybridized carbons (Fsp3) is 0.278. The molecule has 2 N–H and O–H groups in total. The Balaban J connectivity index is 1.55. The van der Waals surface area contributed by atoms with Gasteiger partial charge in [0.1, 0.15) is 0 Å². The first-order chi connectivity index (χ1) is 11.7. The topological polar surface area (TPSA) is 74.3 Å². The zero-order valence-corrected chi connectivity index (χ0v) is 13.3. The van der Waals surface area contributed by atoms with Crippen molar-refractivity contribution in [3.63, 3.8) is 0 Å². The summed E-state index contributed by atoms with van der Waals surface area (Å²) in [4.78, 5) is 30.3. The summed E-state index contributed by atoms with van der Waals surface area (Å²) in [5.74, 6) is 0.0108. The molecule has 1 saturated heterocycles. The fourth-order valence-electron chi connectivity index (χ4n) is 2.83. The number of anilines is 1. The summed E-state index contributed by atoms with van der Waals surface area (Å²) >= 11 is 0. The van der Waals surface area contributed by atoms with E-state index >= 15 is 0 Å². The van der Waals surface area contributed by atoms with Gasteiger partial charge in [-0.3, -0.25) is 9.78 Å². The summed E-state index contributed by atoms with van der Waals surface area (Å²) in [6.07, 6.45) is 4.98. The van der Waals surface area contributed by atoms with Crippen molar-refractivity contribution < 1.29 is 9.59 Å². The number of aromatic nitrogens is 1. The Bertz CT molecular complexity index is 691. The van der Waals surface area contributed by atoms with Crippen LogP contribution in [0.1, 0.15) is 23.2 Å². The number of nitrogens with zero attached hydrogens (tertiary/aromatic N) is 2. The summed E-state index contributed by atoms with van der Waals surface area (Å²) < 4.78 is 0. The lowest BCUT2D eigenvalue weighted by atomic mass is 10.0. The van der Waals surface area contributed by atoms with Gasteiger partial charge in [-0.05, 0) is 37.1 Å². The largest absolute Gasteiger partial charge is 0.337 e. The van der Waals surface area contributed by atoms with Crippen LogP contribution in [0, 0.1) is 0 Å². The second-order valence-corrected chi connectivity index (χ2v) is 5.79. The number of hydrogen-bond acceptors (Lipinski definition) is 3. The third-order valence-corrected chi connectivity index (χ3v) is 4.00. The van der Waals surface area contributed by atoms with Crippen molar-refractivity contribution in [2.45, 2.75) is 18.9 Å². The SMILES string of the molecule is O=C(Nc1ccncc1)N[C@@H]1CCCN(C(=O)c2ccccc2)C1. The van der Waals surface area contributed by atoms with Gasteiger partial charge in [0.05, 0.1) is 0 Å². The maximum absolute atomic E-state index is 12.5. The molecular formula is C18H20N4O2. The van der Waals surface area contributed by atoms with Crippen LogP contribution in [-0.2, 0) is 0 Å². The van der Waals surface area contributed by atoms with Gasteiger partial charge in [-0.15, -0.1) is 0 Å². The molecule has 6 nitrogen and oxygen atoms in total. The van der Waals surface area contributed by atoms with Crippen molar-refractivity contribution >= 4 is 17.6 Å². The zero-order valence-electron chi connectivity index (χ0n) is 13.3. The molecule has 1 aromatic heterocycles. The molecule has 1 aliphatic heterocycles. The third-order valence-electron chi connectivity index (χ3n) is 4.00. The average Bonchev–Trinajstić information content (AvgIpc) is 2.63. The van der Waals surface area contributed by atoms with E-state index in [2.05, 4.69) is 15.6 Å². The molecule has 0 unspecified atom stereocenters. The molecule has 124 valence electrons. The van der Waals surface area contributed by atoms with Gasteiger partial charge >= 0.3 is 6.03 Å². The normalized spacial score (nSPS) is 17.2. The van der Waals surface area contributed by atoms with Crippen LogP contribution in [-0.4, -0.2) is 41.0 Å². The lowest BCUT2D eigenvalue weighted by molar-refractivity contribution is 0.0698. The van der Waals surface area contributed by atoms with E-state index in [1.54, 1.807) is 29.4 Å². The van der Waals surface area contributed by atoms with E-state index in [0.717, 1.165) is 19.4 Å². The third kappa shape index (κ3) is 4.10. The molecule has 0 radical (unpaired) electrons. The van der Waals surface area contributed by atoms with Crippen LogP contribution < -0.4 is 10.6 Å². The smallest absolute Gasteiger partial charge is 0.319 e. The van der Waals surface area contributed by atoms with E-state index in [9.17, 15) is 9.59 Å². The van der Waals surface area contributed by atoms with Crippen molar-refractivity contribution in [2.75, 3.05) is 18.4 Å². The van der Waals surface area contributed by atoms with Crippen LogP contribution in [0.5, 0.6) is 0 Å². The van der Waals surface area contributed by atoms with E-state index in [0.29, 0.717) is 17.8 Å². The molecule has 3 rings (SSSR count). The Labute approximate surface area is 140 Å². The molecule has 0 aliphatic carbocycles. The minimum Gasteiger partial charge on any atom is -0.337 e.